The van der Waals surface area contributed by atoms with Crippen LogP contribution in [0.4, 0.5) is 0 Å². The summed E-state index contributed by atoms with van der Waals surface area (Å²) >= 11 is 0. The molecule has 5 nitrogen and oxygen atoms in total. The number of benzene rings is 2. The molecule has 0 unspecified atom stereocenters. The molecule has 0 saturated heterocycles. The van der Waals surface area contributed by atoms with Gasteiger partial charge in [-0.05, 0) is 85.9 Å². The molecule has 0 aliphatic rings. The number of carbonyl (C=O) groups excluding carboxylic acids is 1. The van der Waals surface area contributed by atoms with Crippen LogP contribution in [-0.2, 0) is 4.79 Å². The largest absolute Gasteiger partial charge is 0.494 e. The lowest BCUT2D eigenvalue weighted by molar-refractivity contribution is -0.137. The summed E-state index contributed by atoms with van der Waals surface area (Å²) in [6.45, 7) is 6.77. The van der Waals surface area contributed by atoms with Crippen molar-refractivity contribution in [1.29, 1.82) is 0 Å². The number of allylic oxidation sites excluding steroid dienone is 2. The lowest BCUT2D eigenvalue weighted by Crippen LogP contribution is -2.07. The van der Waals surface area contributed by atoms with Gasteiger partial charge in [0.2, 0.25) is 0 Å². The van der Waals surface area contributed by atoms with Gasteiger partial charge in [-0.1, -0.05) is 32.8 Å². The first-order valence-electron chi connectivity index (χ1n) is 12.2. The molecule has 0 fully saturated rings. The van der Waals surface area contributed by atoms with E-state index in [9.17, 15) is 9.59 Å². The third-order valence-corrected chi connectivity index (χ3v) is 6.10. The van der Waals surface area contributed by atoms with E-state index in [0.29, 0.717) is 30.4 Å². The smallest absolute Gasteiger partial charge is 0.303 e. The fraction of sp³-hybridized carbons (Fsp3) is 0.379. The monoisotopic (exact) mass is 461 g/mol. The van der Waals surface area contributed by atoms with E-state index in [1.807, 2.05) is 6.92 Å². The number of aromatic nitrogens is 1. The number of hydrogen-bond acceptors (Lipinski definition) is 3. The highest BCUT2D eigenvalue weighted by Gasteiger charge is 2.13. The molecule has 0 aliphatic heterocycles. The van der Waals surface area contributed by atoms with E-state index in [1.54, 1.807) is 30.3 Å². The first-order chi connectivity index (χ1) is 16.4. The summed E-state index contributed by atoms with van der Waals surface area (Å²) < 4.78 is 7.94. The number of ketones is 1. The van der Waals surface area contributed by atoms with Gasteiger partial charge >= 0.3 is 5.97 Å². The Morgan fingerprint density at radius 1 is 1.00 bits per heavy atom. The summed E-state index contributed by atoms with van der Waals surface area (Å²) in [6.07, 6.45) is 9.10. The second-order valence-corrected chi connectivity index (χ2v) is 8.79. The minimum Gasteiger partial charge on any atom is -0.494 e. The van der Waals surface area contributed by atoms with Crippen LogP contribution in [-0.4, -0.2) is 28.0 Å². The maximum absolute atomic E-state index is 12.8. The zero-order chi connectivity index (χ0) is 24.5. The van der Waals surface area contributed by atoms with Crippen LogP contribution >= 0.6 is 0 Å². The average molecular weight is 462 g/mol. The third kappa shape index (κ3) is 6.60. The molecule has 0 aliphatic carbocycles. The van der Waals surface area contributed by atoms with Crippen molar-refractivity contribution in [3.8, 4) is 5.75 Å². The fourth-order valence-electron chi connectivity index (χ4n) is 4.31. The van der Waals surface area contributed by atoms with Crippen LogP contribution in [0.5, 0.6) is 5.75 Å². The van der Waals surface area contributed by atoms with Crippen molar-refractivity contribution in [1.82, 2.24) is 4.57 Å². The van der Waals surface area contributed by atoms with Crippen LogP contribution < -0.4 is 4.74 Å². The van der Waals surface area contributed by atoms with Gasteiger partial charge in [0.15, 0.2) is 5.78 Å². The molecule has 1 heterocycles. The molecule has 0 radical (unpaired) electrons. The van der Waals surface area contributed by atoms with Crippen LogP contribution in [0.3, 0.4) is 0 Å². The number of fused-ring (bicyclic) bond motifs is 1. The topological polar surface area (TPSA) is 68.5 Å². The first-order valence-corrected chi connectivity index (χ1v) is 12.2. The molecule has 180 valence electrons. The maximum Gasteiger partial charge on any atom is 0.303 e. The van der Waals surface area contributed by atoms with Gasteiger partial charge in [-0.2, -0.15) is 0 Å². The van der Waals surface area contributed by atoms with E-state index in [0.717, 1.165) is 11.1 Å². The van der Waals surface area contributed by atoms with E-state index in [-0.39, 0.29) is 12.2 Å². The van der Waals surface area contributed by atoms with Gasteiger partial charge in [-0.3, -0.25) is 9.59 Å². The Morgan fingerprint density at radius 3 is 2.32 bits per heavy atom. The Bertz CT molecular complexity index is 1130. The summed E-state index contributed by atoms with van der Waals surface area (Å²) in [6, 6.07) is 16.1. The summed E-state index contributed by atoms with van der Waals surface area (Å²) in [4.78, 5) is 23.4. The maximum atomic E-state index is 12.8. The average Bonchev–Trinajstić information content (AvgIpc) is 3.25. The standard InChI is InChI=1S/C29H35NO4/c1-4-7-25(8-5-2)30-17-16-24-20-23(12-15-27(24)30)21(3)19-28(31)22-10-13-26(14-11-22)34-18-6-9-29(32)33/h10-17,19-20,25H,4-9,18H2,1-3H3,(H,32,33). The van der Waals surface area contributed by atoms with Crippen molar-refractivity contribution in [3.63, 3.8) is 0 Å². The van der Waals surface area contributed by atoms with Crippen molar-refractivity contribution in [3.05, 3.63) is 71.9 Å². The van der Waals surface area contributed by atoms with E-state index in [2.05, 4.69) is 48.9 Å². The van der Waals surface area contributed by atoms with E-state index < -0.39 is 5.97 Å². The van der Waals surface area contributed by atoms with E-state index in [1.165, 1.54) is 36.6 Å². The summed E-state index contributed by atoms with van der Waals surface area (Å²) in [7, 11) is 0. The minimum atomic E-state index is -0.833. The molecule has 34 heavy (non-hydrogen) atoms. The van der Waals surface area contributed by atoms with E-state index in [4.69, 9.17) is 9.84 Å². The van der Waals surface area contributed by atoms with Crippen LogP contribution in [0.1, 0.15) is 81.3 Å². The van der Waals surface area contributed by atoms with Crippen molar-refractivity contribution in [2.45, 2.75) is 65.3 Å². The van der Waals surface area contributed by atoms with Crippen LogP contribution in [0.15, 0.2) is 60.8 Å². The van der Waals surface area contributed by atoms with Gasteiger partial charge in [0.1, 0.15) is 5.75 Å². The van der Waals surface area contributed by atoms with Gasteiger partial charge in [0.25, 0.3) is 0 Å². The van der Waals surface area contributed by atoms with Crippen molar-refractivity contribution < 1.29 is 19.4 Å². The number of aliphatic carboxylic acids is 1. The zero-order valence-corrected chi connectivity index (χ0v) is 20.4. The molecule has 0 atom stereocenters. The number of carbonyl (C=O) groups is 2. The lowest BCUT2D eigenvalue weighted by Gasteiger charge is -2.19. The molecule has 2 aromatic carbocycles. The normalized spacial score (nSPS) is 11.8. The number of nitrogens with zero attached hydrogens (tertiary/aromatic N) is 1. The van der Waals surface area contributed by atoms with Gasteiger partial charge in [-0.25, -0.2) is 0 Å². The summed E-state index contributed by atoms with van der Waals surface area (Å²) in [5, 5.41) is 9.87. The Morgan fingerprint density at radius 2 is 1.68 bits per heavy atom. The number of carboxylic acid groups (broad SMARTS) is 1. The predicted molar refractivity (Wildman–Crippen MR) is 138 cm³/mol. The van der Waals surface area contributed by atoms with Crippen LogP contribution in [0.2, 0.25) is 0 Å². The number of rotatable bonds is 13. The molecule has 0 saturated carbocycles. The quantitative estimate of drug-likeness (QED) is 0.165. The van der Waals surface area contributed by atoms with Gasteiger partial charge < -0.3 is 14.4 Å². The SMILES string of the molecule is CCCC(CCC)n1ccc2cc(C(C)=CC(=O)c3ccc(OCCCC(=O)O)cc3)ccc21. The Balaban J connectivity index is 1.69. The molecule has 0 bridgehead atoms. The highest BCUT2D eigenvalue weighted by Crippen LogP contribution is 2.29. The van der Waals surface area contributed by atoms with Gasteiger partial charge in [0.05, 0.1) is 6.61 Å². The highest BCUT2D eigenvalue weighted by atomic mass is 16.5. The first kappa shape index (κ1) is 25.3. The minimum absolute atomic E-state index is 0.0569. The number of ether oxygens (including phenoxy) is 1. The van der Waals surface area contributed by atoms with Crippen LogP contribution in [0.25, 0.3) is 16.5 Å². The third-order valence-electron chi connectivity index (χ3n) is 6.10. The Labute approximate surface area is 202 Å². The molecule has 3 rings (SSSR count). The second kappa shape index (κ2) is 12.2. The summed E-state index contributed by atoms with van der Waals surface area (Å²) in [5.74, 6) is -0.263. The molecule has 1 N–H and O–H groups in total. The number of hydrogen-bond donors (Lipinski definition) is 1. The van der Waals surface area contributed by atoms with Crippen molar-refractivity contribution in [2.24, 2.45) is 0 Å². The lowest BCUT2D eigenvalue weighted by atomic mass is 10.0. The molecule has 0 amide bonds. The van der Waals surface area contributed by atoms with E-state index >= 15 is 0 Å². The molecule has 0 spiro atoms. The Hall–Kier alpha value is -3.34. The number of carboxylic acids is 1. The molecule has 1 aromatic heterocycles. The van der Waals surface area contributed by atoms with Gasteiger partial charge in [-0.15, -0.1) is 0 Å². The summed E-state index contributed by atoms with van der Waals surface area (Å²) in [5.41, 5.74) is 3.80. The zero-order valence-electron chi connectivity index (χ0n) is 20.4. The van der Waals surface area contributed by atoms with Crippen LogP contribution in [0, 0.1) is 0 Å². The second-order valence-electron chi connectivity index (χ2n) is 8.79. The van der Waals surface area contributed by atoms with Crippen molar-refractivity contribution in [2.75, 3.05) is 6.61 Å². The van der Waals surface area contributed by atoms with Gasteiger partial charge in [0, 0.05) is 35.1 Å². The fourth-order valence-corrected chi connectivity index (χ4v) is 4.31. The molecular weight excluding hydrogens is 426 g/mol. The Kier molecular flexibility index (Phi) is 9.08. The predicted octanol–water partition coefficient (Wildman–Crippen LogP) is 7.31. The molecule has 3 aromatic rings. The van der Waals surface area contributed by atoms with Crippen molar-refractivity contribution >= 4 is 28.2 Å². The molecular formula is C29H35NO4. The molecule has 5 heteroatoms. The highest BCUT2D eigenvalue weighted by molar-refractivity contribution is 6.08.